The van der Waals surface area contributed by atoms with Crippen LogP contribution in [0.4, 0.5) is 16.2 Å². The fourth-order valence-corrected chi connectivity index (χ4v) is 2.61. The average molecular weight is 412 g/mol. The lowest BCUT2D eigenvalue weighted by Gasteiger charge is -2.20. The fraction of sp³-hybridized carbons (Fsp3) is 0.238. The van der Waals surface area contributed by atoms with Crippen molar-refractivity contribution >= 4 is 35.2 Å². The first-order valence-corrected chi connectivity index (χ1v) is 9.23. The molecule has 0 aliphatic heterocycles. The molecule has 158 valence electrons. The number of hydrogen-bond acceptors (Lipinski definition) is 5. The van der Waals surface area contributed by atoms with Crippen LogP contribution in [0.3, 0.4) is 0 Å². The summed E-state index contributed by atoms with van der Waals surface area (Å²) in [5, 5.41) is 7.57. The Hall–Kier alpha value is -3.88. The molecule has 0 aliphatic carbocycles. The van der Waals surface area contributed by atoms with Crippen LogP contribution in [-0.2, 0) is 25.5 Å². The summed E-state index contributed by atoms with van der Waals surface area (Å²) >= 11 is 0. The van der Waals surface area contributed by atoms with Gasteiger partial charge in [0.1, 0.15) is 6.04 Å². The van der Waals surface area contributed by atoms with Crippen LogP contribution in [0.15, 0.2) is 54.6 Å². The van der Waals surface area contributed by atoms with Gasteiger partial charge in [-0.05, 0) is 36.8 Å². The summed E-state index contributed by atoms with van der Waals surface area (Å²) in [4.78, 5) is 47.1. The summed E-state index contributed by atoms with van der Waals surface area (Å²) in [5.41, 5.74) is 7.00. The smallest absolute Gasteiger partial charge is 0.329 e. The van der Waals surface area contributed by atoms with Crippen molar-refractivity contribution < 1.29 is 23.9 Å². The third-order valence-corrected chi connectivity index (χ3v) is 4.02. The molecule has 2 aromatic rings. The van der Waals surface area contributed by atoms with Crippen molar-refractivity contribution in [3.8, 4) is 0 Å². The predicted octanol–water partition coefficient (Wildman–Crippen LogP) is 1.79. The first kappa shape index (κ1) is 22.4. The molecule has 0 radical (unpaired) electrons. The van der Waals surface area contributed by atoms with Gasteiger partial charge in [-0.25, -0.2) is 9.59 Å². The van der Waals surface area contributed by atoms with Gasteiger partial charge < -0.3 is 26.4 Å². The molecular weight excluding hydrogens is 388 g/mol. The quantitative estimate of drug-likeness (QED) is 0.490. The van der Waals surface area contributed by atoms with Gasteiger partial charge >= 0.3 is 12.0 Å². The topological polar surface area (TPSA) is 140 Å². The molecule has 0 spiro atoms. The van der Waals surface area contributed by atoms with Crippen molar-refractivity contribution in [2.45, 2.75) is 32.4 Å². The zero-order chi connectivity index (χ0) is 22.1. The van der Waals surface area contributed by atoms with E-state index in [0.717, 1.165) is 5.56 Å². The number of carbonyl (C=O) groups is 4. The monoisotopic (exact) mass is 412 g/mol. The number of ether oxygens (including phenoxy) is 1. The number of nitrogens with one attached hydrogen (secondary N) is 3. The van der Waals surface area contributed by atoms with Crippen molar-refractivity contribution in [3.05, 3.63) is 60.2 Å². The Morgan fingerprint density at radius 1 is 0.933 bits per heavy atom. The molecule has 30 heavy (non-hydrogen) atoms. The molecule has 4 amide bonds. The number of primary amides is 1. The van der Waals surface area contributed by atoms with Crippen LogP contribution in [0.25, 0.3) is 0 Å². The van der Waals surface area contributed by atoms with Crippen LogP contribution in [-0.4, -0.2) is 36.0 Å². The zero-order valence-electron chi connectivity index (χ0n) is 16.7. The molecule has 0 saturated carbocycles. The normalized spacial score (nSPS) is 12.2. The van der Waals surface area contributed by atoms with Gasteiger partial charge in [0.2, 0.25) is 5.91 Å². The van der Waals surface area contributed by atoms with E-state index < -0.39 is 30.1 Å². The number of carbonyl (C=O) groups excluding carboxylic acids is 4. The van der Waals surface area contributed by atoms with E-state index in [0.29, 0.717) is 11.4 Å². The highest BCUT2D eigenvalue weighted by Gasteiger charge is 2.26. The van der Waals surface area contributed by atoms with E-state index in [1.54, 1.807) is 48.5 Å². The number of urea groups is 1. The number of benzene rings is 2. The minimum atomic E-state index is -1.11. The maximum atomic E-state index is 12.5. The van der Waals surface area contributed by atoms with Gasteiger partial charge in [-0.3, -0.25) is 9.59 Å². The maximum absolute atomic E-state index is 12.5. The van der Waals surface area contributed by atoms with Gasteiger partial charge in [0, 0.05) is 24.7 Å². The van der Waals surface area contributed by atoms with E-state index in [2.05, 4.69) is 16.0 Å². The summed E-state index contributed by atoms with van der Waals surface area (Å²) < 4.78 is 5.22. The Balaban J connectivity index is 1.96. The first-order chi connectivity index (χ1) is 14.2. The molecule has 2 atom stereocenters. The molecule has 2 rings (SSSR count). The average Bonchev–Trinajstić information content (AvgIpc) is 2.69. The number of rotatable bonds is 8. The number of hydrogen-bond donors (Lipinski definition) is 4. The maximum Gasteiger partial charge on any atom is 0.329 e. The van der Waals surface area contributed by atoms with Crippen molar-refractivity contribution in [1.82, 2.24) is 5.32 Å². The first-order valence-electron chi connectivity index (χ1n) is 9.23. The molecule has 9 nitrogen and oxygen atoms in total. The third kappa shape index (κ3) is 7.27. The summed E-state index contributed by atoms with van der Waals surface area (Å²) in [6.07, 6.45) is -0.942. The number of nitrogens with two attached hydrogens (primary N) is 1. The Bertz CT molecular complexity index is 899. The molecule has 0 saturated heterocycles. The summed E-state index contributed by atoms with van der Waals surface area (Å²) in [6.45, 7) is 2.81. The van der Waals surface area contributed by atoms with Gasteiger partial charge in [0.05, 0.1) is 0 Å². The van der Waals surface area contributed by atoms with E-state index >= 15 is 0 Å². The number of amides is 4. The Kier molecular flexibility index (Phi) is 7.92. The van der Waals surface area contributed by atoms with Gasteiger partial charge in [0.15, 0.2) is 6.10 Å². The van der Waals surface area contributed by atoms with Gasteiger partial charge in [0.25, 0.3) is 5.91 Å². The minimum absolute atomic E-state index is 0.168. The molecule has 0 fully saturated rings. The van der Waals surface area contributed by atoms with Crippen molar-refractivity contribution in [2.24, 2.45) is 5.73 Å². The third-order valence-electron chi connectivity index (χ3n) is 4.02. The molecular formula is C21H24N4O5. The fourth-order valence-electron chi connectivity index (χ4n) is 2.61. The standard InChI is InChI=1S/C21H24N4O5/c1-13(19(27)24-17-10-8-16(9-11-17)23-14(2)26)30-20(28)18(25-21(22)29)12-15-6-4-3-5-7-15/h3-11,13,18H,12H2,1-2H3,(H,23,26)(H,24,27)(H3,22,25,29)/t13-,18+/m1/s1. The van der Waals surface area contributed by atoms with Gasteiger partial charge in [-0.2, -0.15) is 0 Å². The van der Waals surface area contributed by atoms with E-state index in [1.165, 1.54) is 13.8 Å². The highest BCUT2D eigenvalue weighted by Crippen LogP contribution is 2.14. The molecule has 9 heteroatoms. The highest BCUT2D eigenvalue weighted by molar-refractivity contribution is 5.96. The van der Waals surface area contributed by atoms with E-state index in [4.69, 9.17) is 10.5 Å². The van der Waals surface area contributed by atoms with Crippen molar-refractivity contribution in [2.75, 3.05) is 10.6 Å². The Morgan fingerprint density at radius 2 is 1.50 bits per heavy atom. The second-order valence-electron chi connectivity index (χ2n) is 6.58. The summed E-state index contributed by atoms with van der Waals surface area (Å²) in [5.74, 6) is -1.53. The molecule has 0 heterocycles. The van der Waals surface area contributed by atoms with Crippen LogP contribution in [0, 0.1) is 0 Å². The molecule has 5 N–H and O–H groups in total. The van der Waals surface area contributed by atoms with Crippen molar-refractivity contribution in [3.63, 3.8) is 0 Å². The van der Waals surface area contributed by atoms with Crippen LogP contribution in [0.2, 0.25) is 0 Å². The molecule has 0 unspecified atom stereocenters. The lowest BCUT2D eigenvalue weighted by atomic mass is 10.1. The van der Waals surface area contributed by atoms with Gasteiger partial charge in [-0.1, -0.05) is 30.3 Å². The van der Waals surface area contributed by atoms with E-state index in [9.17, 15) is 19.2 Å². The Morgan fingerprint density at radius 3 is 2.03 bits per heavy atom. The molecule has 0 bridgehead atoms. The van der Waals surface area contributed by atoms with Gasteiger partial charge in [-0.15, -0.1) is 0 Å². The lowest BCUT2D eigenvalue weighted by Crippen LogP contribution is -2.47. The zero-order valence-corrected chi connectivity index (χ0v) is 16.7. The molecule has 2 aromatic carbocycles. The summed E-state index contributed by atoms with van der Waals surface area (Å²) in [7, 11) is 0. The minimum Gasteiger partial charge on any atom is -0.451 e. The van der Waals surface area contributed by atoms with Crippen LogP contribution in [0.1, 0.15) is 19.4 Å². The predicted molar refractivity (Wildman–Crippen MR) is 112 cm³/mol. The van der Waals surface area contributed by atoms with E-state index in [-0.39, 0.29) is 12.3 Å². The van der Waals surface area contributed by atoms with Crippen LogP contribution < -0.4 is 21.7 Å². The molecule has 0 aliphatic rings. The number of esters is 1. The van der Waals surface area contributed by atoms with Crippen molar-refractivity contribution in [1.29, 1.82) is 0 Å². The summed E-state index contributed by atoms with van der Waals surface area (Å²) in [6, 6.07) is 13.6. The van der Waals surface area contributed by atoms with E-state index in [1.807, 2.05) is 6.07 Å². The van der Waals surface area contributed by atoms with Crippen LogP contribution in [0.5, 0.6) is 0 Å². The largest absolute Gasteiger partial charge is 0.451 e. The van der Waals surface area contributed by atoms with Crippen LogP contribution >= 0.6 is 0 Å². The second-order valence-corrected chi connectivity index (χ2v) is 6.58. The second kappa shape index (κ2) is 10.6. The molecule has 0 aromatic heterocycles. The lowest BCUT2D eigenvalue weighted by molar-refractivity contribution is -0.155. The SMILES string of the molecule is CC(=O)Nc1ccc(NC(=O)[C@@H](C)OC(=O)[C@H](Cc2ccccc2)NC(N)=O)cc1. The Labute approximate surface area is 174 Å². The number of anilines is 2. The highest BCUT2D eigenvalue weighted by atomic mass is 16.5.